The van der Waals surface area contributed by atoms with Crippen molar-refractivity contribution in [3.63, 3.8) is 0 Å². The first kappa shape index (κ1) is 13.5. The monoisotopic (exact) mass is 247 g/mol. The highest BCUT2D eigenvalue weighted by Gasteiger charge is 2.20. The van der Waals surface area contributed by atoms with E-state index in [1.54, 1.807) is 0 Å². The van der Waals surface area contributed by atoms with Crippen LogP contribution in [0.3, 0.4) is 0 Å². The van der Waals surface area contributed by atoms with Crippen molar-refractivity contribution in [1.82, 2.24) is 15.2 Å². The Balaban J connectivity index is 1.61. The Morgan fingerprint density at radius 1 is 1.39 bits per heavy atom. The molecular formula is C15H25N3. The highest BCUT2D eigenvalue weighted by molar-refractivity contribution is 5.09. The first-order valence-electron chi connectivity index (χ1n) is 7.08. The van der Waals surface area contributed by atoms with Gasteiger partial charge in [0, 0.05) is 31.0 Å². The van der Waals surface area contributed by atoms with Crippen LogP contribution in [0.25, 0.3) is 0 Å². The summed E-state index contributed by atoms with van der Waals surface area (Å²) < 4.78 is 0. The van der Waals surface area contributed by atoms with E-state index >= 15 is 0 Å². The second kappa shape index (κ2) is 6.86. The smallest absolute Gasteiger partial charge is 0.0270 e. The molecule has 0 spiro atoms. The first-order chi connectivity index (χ1) is 8.75. The molecule has 3 nitrogen and oxygen atoms in total. The fourth-order valence-corrected chi connectivity index (χ4v) is 2.08. The summed E-state index contributed by atoms with van der Waals surface area (Å²) >= 11 is 0. The number of nitrogens with zero attached hydrogens (tertiary/aromatic N) is 2. The van der Waals surface area contributed by atoms with Gasteiger partial charge >= 0.3 is 0 Å². The minimum atomic E-state index is 0.651. The van der Waals surface area contributed by atoms with Crippen LogP contribution in [0.5, 0.6) is 0 Å². The van der Waals surface area contributed by atoms with Gasteiger partial charge in [-0.3, -0.25) is 4.98 Å². The molecule has 0 bridgehead atoms. The van der Waals surface area contributed by atoms with Gasteiger partial charge in [-0.1, -0.05) is 0 Å². The summed E-state index contributed by atoms with van der Waals surface area (Å²) in [6.45, 7) is 4.60. The van der Waals surface area contributed by atoms with Crippen molar-refractivity contribution < 1.29 is 0 Å². The fourth-order valence-electron chi connectivity index (χ4n) is 2.08. The summed E-state index contributed by atoms with van der Waals surface area (Å²) in [6, 6.07) is 5.69. The lowest BCUT2D eigenvalue weighted by Crippen LogP contribution is -2.34. The third-order valence-electron chi connectivity index (χ3n) is 3.83. The molecule has 1 saturated carbocycles. The van der Waals surface area contributed by atoms with E-state index in [-0.39, 0.29) is 0 Å². The molecule has 0 saturated heterocycles. The number of nitrogens with one attached hydrogen (secondary N) is 1. The SMILES string of the molecule is CC(CCNC1CC1)N(C)CCc1ccncc1. The molecule has 1 aliphatic rings. The maximum Gasteiger partial charge on any atom is 0.0270 e. The van der Waals surface area contributed by atoms with Crippen molar-refractivity contribution in [2.24, 2.45) is 0 Å². The largest absolute Gasteiger partial charge is 0.314 e. The zero-order valence-electron chi connectivity index (χ0n) is 11.6. The van der Waals surface area contributed by atoms with Crippen LogP contribution in [0.15, 0.2) is 24.5 Å². The Kier molecular flexibility index (Phi) is 5.14. The lowest BCUT2D eigenvalue weighted by molar-refractivity contribution is 0.247. The Bertz CT molecular complexity index is 335. The van der Waals surface area contributed by atoms with Crippen molar-refractivity contribution in [3.05, 3.63) is 30.1 Å². The number of aromatic nitrogens is 1. The van der Waals surface area contributed by atoms with E-state index < -0.39 is 0 Å². The summed E-state index contributed by atoms with van der Waals surface area (Å²) in [4.78, 5) is 6.50. The molecular weight excluding hydrogens is 222 g/mol. The Morgan fingerprint density at radius 3 is 2.78 bits per heavy atom. The van der Waals surface area contributed by atoms with Crippen LogP contribution in [-0.2, 0) is 6.42 Å². The van der Waals surface area contributed by atoms with E-state index in [2.05, 4.69) is 41.3 Å². The minimum absolute atomic E-state index is 0.651. The van der Waals surface area contributed by atoms with Crippen molar-refractivity contribution in [1.29, 1.82) is 0 Å². The van der Waals surface area contributed by atoms with E-state index in [9.17, 15) is 0 Å². The molecule has 1 heterocycles. The molecule has 0 aliphatic heterocycles. The van der Waals surface area contributed by atoms with Crippen LogP contribution in [0.2, 0.25) is 0 Å². The van der Waals surface area contributed by atoms with E-state index in [0.717, 1.165) is 25.6 Å². The number of hydrogen-bond donors (Lipinski definition) is 1. The number of rotatable bonds is 8. The lowest BCUT2D eigenvalue weighted by Gasteiger charge is -2.24. The van der Waals surface area contributed by atoms with Crippen molar-refractivity contribution in [3.8, 4) is 0 Å². The van der Waals surface area contributed by atoms with E-state index in [0.29, 0.717) is 6.04 Å². The molecule has 1 fully saturated rings. The zero-order chi connectivity index (χ0) is 12.8. The van der Waals surface area contributed by atoms with Crippen LogP contribution < -0.4 is 5.32 Å². The second-order valence-corrected chi connectivity index (χ2v) is 5.45. The van der Waals surface area contributed by atoms with Gasteiger partial charge in [-0.05, 0) is 63.9 Å². The standard InChI is InChI=1S/C15H25N3/c1-13(5-11-17-15-3-4-15)18(2)12-8-14-6-9-16-10-7-14/h6-7,9-10,13,15,17H,3-5,8,11-12H2,1-2H3. The van der Waals surface area contributed by atoms with Crippen LogP contribution in [0.4, 0.5) is 0 Å². The third-order valence-corrected chi connectivity index (χ3v) is 3.83. The Labute approximate surface area is 111 Å². The van der Waals surface area contributed by atoms with E-state index in [1.165, 1.54) is 24.8 Å². The van der Waals surface area contributed by atoms with Gasteiger partial charge in [0.05, 0.1) is 0 Å². The molecule has 100 valence electrons. The van der Waals surface area contributed by atoms with Gasteiger partial charge < -0.3 is 10.2 Å². The lowest BCUT2D eigenvalue weighted by atomic mass is 10.1. The summed E-state index contributed by atoms with van der Waals surface area (Å²) in [7, 11) is 2.23. The fraction of sp³-hybridized carbons (Fsp3) is 0.667. The van der Waals surface area contributed by atoms with Gasteiger partial charge in [-0.2, -0.15) is 0 Å². The molecule has 1 aliphatic carbocycles. The number of pyridine rings is 1. The predicted octanol–water partition coefficient (Wildman–Crippen LogP) is 2.09. The van der Waals surface area contributed by atoms with Gasteiger partial charge in [0.2, 0.25) is 0 Å². The first-order valence-corrected chi connectivity index (χ1v) is 7.08. The molecule has 1 aromatic rings. The molecule has 1 atom stereocenters. The molecule has 3 heteroatoms. The topological polar surface area (TPSA) is 28.2 Å². The maximum absolute atomic E-state index is 4.05. The molecule has 0 radical (unpaired) electrons. The molecule has 1 N–H and O–H groups in total. The Morgan fingerprint density at radius 2 is 2.11 bits per heavy atom. The maximum atomic E-state index is 4.05. The van der Waals surface area contributed by atoms with Crippen LogP contribution >= 0.6 is 0 Å². The number of hydrogen-bond acceptors (Lipinski definition) is 3. The molecule has 0 amide bonds. The van der Waals surface area contributed by atoms with Gasteiger partial charge in [0.15, 0.2) is 0 Å². The quantitative estimate of drug-likeness (QED) is 0.762. The van der Waals surface area contributed by atoms with Gasteiger partial charge in [-0.15, -0.1) is 0 Å². The Hall–Kier alpha value is -0.930. The van der Waals surface area contributed by atoms with Crippen molar-refractivity contribution in [2.75, 3.05) is 20.1 Å². The highest BCUT2D eigenvalue weighted by atomic mass is 15.1. The molecule has 18 heavy (non-hydrogen) atoms. The average Bonchev–Trinajstić information content (AvgIpc) is 3.21. The second-order valence-electron chi connectivity index (χ2n) is 5.45. The zero-order valence-corrected chi connectivity index (χ0v) is 11.6. The predicted molar refractivity (Wildman–Crippen MR) is 75.7 cm³/mol. The molecule has 1 unspecified atom stereocenters. The number of likely N-dealkylation sites (N-methyl/N-ethyl adjacent to an activating group) is 1. The van der Waals surface area contributed by atoms with Crippen LogP contribution in [-0.4, -0.2) is 42.1 Å². The van der Waals surface area contributed by atoms with Gasteiger partial charge in [0.25, 0.3) is 0 Å². The highest BCUT2D eigenvalue weighted by Crippen LogP contribution is 2.18. The van der Waals surface area contributed by atoms with Gasteiger partial charge in [0.1, 0.15) is 0 Å². The van der Waals surface area contributed by atoms with Crippen molar-refractivity contribution >= 4 is 0 Å². The van der Waals surface area contributed by atoms with Crippen LogP contribution in [0, 0.1) is 0 Å². The summed E-state index contributed by atoms with van der Waals surface area (Å²) in [5, 5.41) is 3.58. The van der Waals surface area contributed by atoms with Gasteiger partial charge in [-0.25, -0.2) is 0 Å². The summed E-state index contributed by atoms with van der Waals surface area (Å²) in [6.07, 6.45) is 8.86. The van der Waals surface area contributed by atoms with Crippen molar-refractivity contribution in [2.45, 2.75) is 44.7 Å². The minimum Gasteiger partial charge on any atom is -0.314 e. The van der Waals surface area contributed by atoms with Crippen LogP contribution in [0.1, 0.15) is 31.7 Å². The van der Waals surface area contributed by atoms with E-state index in [1.807, 2.05) is 12.4 Å². The van der Waals surface area contributed by atoms with E-state index in [4.69, 9.17) is 0 Å². The molecule has 0 aromatic carbocycles. The summed E-state index contributed by atoms with van der Waals surface area (Å²) in [5.41, 5.74) is 1.38. The average molecular weight is 247 g/mol. The molecule has 1 aromatic heterocycles. The third kappa shape index (κ3) is 4.75. The summed E-state index contributed by atoms with van der Waals surface area (Å²) in [5.74, 6) is 0. The molecule has 2 rings (SSSR count). The normalized spacial score (nSPS) is 17.1.